The smallest absolute Gasteiger partial charge is 0.222 e. The van der Waals surface area contributed by atoms with Gasteiger partial charge in [-0.25, -0.2) is 17.6 Å². The Hall–Kier alpha value is -2.57. The summed E-state index contributed by atoms with van der Waals surface area (Å²) >= 11 is 0. The van der Waals surface area contributed by atoms with Gasteiger partial charge in [-0.3, -0.25) is 4.79 Å². The normalized spacial score (nSPS) is 10.4. The fourth-order valence-corrected chi connectivity index (χ4v) is 1.90. The quantitative estimate of drug-likeness (QED) is 0.631. The Bertz CT molecular complexity index is 706. The lowest BCUT2D eigenvalue weighted by atomic mass is 10.2. The molecular weight excluding hydrogens is 312 g/mol. The van der Waals surface area contributed by atoms with Gasteiger partial charge < -0.3 is 10.6 Å². The number of hydrogen-bond donors (Lipinski definition) is 2. The molecule has 0 radical (unpaired) electrons. The average Bonchev–Trinajstić information content (AvgIpc) is 2.54. The van der Waals surface area contributed by atoms with Crippen LogP contribution in [0.1, 0.15) is 12.0 Å². The van der Waals surface area contributed by atoms with Crippen LogP contribution in [0.3, 0.4) is 0 Å². The number of nitrogens with one attached hydrogen (secondary N) is 2. The van der Waals surface area contributed by atoms with E-state index < -0.39 is 23.3 Å². The lowest BCUT2D eigenvalue weighted by molar-refractivity contribution is -0.121. The molecule has 0 aliphatic carbocycles. The van der Waals surface area contributed by atoms with Gasteiger partial charge in [0, 0.05) is 25.1 Å². The number of anilines is 1. The van der Waals surface area contributed by atoms with Crippen LogP contribution in [0.2, 0.25) is 0 Å². The molecule has 122 valence electrons. The fraction of sp³-hybridized carbons (Fsp3) is 0.188. The molecule has 2 aromatic carbocycles. The summed E-state index contributed by atoms with van der Waals surface area (Å²) in [5, 5.41) is 5.02. The van der Waals surface area contributed by atoms with Crippen LogP contribution in [-0.4, -0.2) is 12.5 Å². The highest BCUT2D eigenvalue weighted by Crippen LogP contribution is 2.19. The molecule has 0 atom stereocenters. The number of benzene rings is 2. The predicted molar refractivity (Wildman–Crippen MR) is 77.7 cm³/mol. The molecule has 2 aromatic rings. The third kappa shape index (κ3) is 4.45. The summed E-state index contributed by atoms with van der Waals surface area (Å²) < 4.78 is 52.5. The summed E-state index contributed by atoms with van der Waals surface area (Å²) in [4.78, 5) is 11.6. The van der Waals surface area contributed by atoms with Gasteiger partial charge in [-0.05, 0) is 18.2 Å². The maximum absolute atomic E-state index is 13.4. The van der Waals surface area contributed by atoms with Gasteiger partial charge in [-0.2, -0.15) is 0 Å². The molecule has 23 heavy (non-hydrogen) atoms. The van der Waals surface area contributed by atoms with Crippen molar-refractivity contribution in [2.45, 2.75) is 13.0 Å². The highest BCUT2D eigenvalue weighted by Gasteiger charge is 2.13. The van der Waals surface area contributed by atoms with E-state index in [2.05, 4.69) is 10.6 Å². The third-order valence-corrected chi connectivity index (χ3v) is 3.14. The first-order chi connectivity index (χ1) is 11.0. The van der Waals surface area contributed by atoms with E-state index in [4.69, 9.17) is 0 Å². The summed E-state index contributed by atoms with van der Waals surface area (Å²) in [6.07, 6.45) is -0.0348. The summed E-state index contributed by atoms with van der Waals surface area (Å²) in [5.74, 6) is -5.00. The van der Waals surface area contributed by atoms with Gasteiger partial charge in [-0.1, -0.05) is 18.2 Å². The van der Waals surface area contributed by atoms with Crippen LogP contribution in [0, 0.1) is 23.3 Å². The van der Waals surface area contributed by atoms with Gasteiger partial charge in [0.15, 0.2) is 17.5 Å². The summed E-state index contributed by atoms with van der Waals surface area (Å²) in [7, 11) is 0. The highest BCUT2D eigenvalue weighted by atomic mass is 19.2. The van der Waals surface area contributed by atoms with Gasteiger partial charge in [0.05, 0.1) is 5.69 Å². The van der Waals surface area contributed by atoms with Crippen LogP contribution in [0.4, 0.5) is 23.2 Å². The van der Waals surface area contributed by atoms with Crippen molar-refractivity contribution >= 4 is 11.6 Å². The molecule has 7 heteroatoms. The second-order valence-electron chi connectivity index (χ2n) is 4.77. The molecule has 0 fully saturated rings. The van der Waals surface area contributed by atoms with E-state index in [-0.39, 0.29) is 31.1 Å². The zero-order valence-electron chi connectivity index (χ0n) is 12.0. The Balaban J connectivity index is 1.79. The van der Waals surface area contributed by atoms with E-state index in [0.717, 1.165) is 12.1 Å². The fourth-order valence-electron chi connectivity index (χ4n) is 1.90. The van der Waals surface area contributed by atoms with Crippen molar-refractivity contribution in [3.8, 4) is 0 Å². The maximum Gasteiger partial charge on any atom is 0.222 e. The van der Waals surface area contributed by atoms with Crippen molar-refractivity contribution in [2.75, 3.05) is 11.9 Å². The summed E-state index contributed by atoms with van der Waals surface area (Å²) in [6, 6.07) is 7.86. The third-order valence-electron chi connectivity index (χ3n) is 3.14. The van der Waals surface area contributed by atoms with Gasteiger partial charge >= 0.3 is 0 Å². The Labute approximate surface area is 130 Å². The van der Waals surface area contributed by atoms with Crippen molar-refractivity contribution in [3.05, 3.63) is 65.2 Å². The van der Waals surface area contributed by atoms with Crippen molar-refractivity contribution in [1.82, 2.24) is 5.32 Å². The minimum atomic E-state index is -1.57. The molecule has 0 aliphatic rings. The van der Waals surface area contributed by atoms with Crippen molar-refractivity contribution in [3.63, 3.8) is 0 Å². The van der Waals surface area contributed by atoms with Gasteiger partial charge in [0.1, 0.15) is 5.82 Å². The molecule has 0 heterocycles. The molecule has 0 aromatic heterocycles. The zero-order valence-corrected chi connectivity index (χ0v) is 12.0. The number of carbonyl (C=O) groups is 1. The number of halogens is 4. The topological polar surface area (TPSA) is 41.1 Å². The minimum absolute atomic E-state index is 0.0189. The average molecular weight is 326 g/mol. The van der Waals surface area contributed by atoms with Crippen LogP contribution >= 0.6 is 0 Å². The minimum Gasteiger partial charge on any atom is -0.382 e. The Morgan fingerprint density at radius 3 is 2.39 bits per heavy atom. The molecular formula is C16H14F4N2O. The summed E-state index contributed by atoms with van der Waals surface area (Å²) in [6.45, 7) is 0.0517. The molecule has 0 saturated carbocycles. The lowest BCUT2D eigenvalue weighted by Gasteiger charge is -2.09. The second-order valence-corrected chi connectivity index (χ2v) is 4.77. The standard InChI is InChI=1S/C16H14F4N2O/c17-11-4-2-1-3-10(11)9-22-14(23)7-8-21-13-6-5-12(18)15(19)16(13)20/h1-6,21H,7-9H2,(H,22,23). The number of amides is 1. The predicted octanol–water partition coefficient (Wildman–Crippen LogP) is 3.36. The first kappa shape index (κ1) is 16.8. The van der Waals surface area contributed by atoms with E-state index in [1.165, 1.54) is 6.07 Å². The van der Waals surface area contributed by atoms with Crippen molar-refractivity contribution < 1.29 is 22.4 Å². The lowest BCUT2D eigenvalue weighted by Crippen LogP contribution is -2.25. The van der Waals surface area contributed by atoms with Crippen LogP contribution in [-0.2, 0) is 11.3 Å². The zero-order chi connectivity index (χ0) is 16.8. The van der Waals surface area contributed by atoms with Crippen LogP contribution < -0.4 is 10.6 Å². The molecule has 0 saturated heterocycles. The van der Waals surface area contributed by atoms with Crippen LogP contribution in [0.25, 0.3) is 0 Å². The summed E-state index contributed by atoms with van der Waals surface area (Å²) in [5.41, 5.74) is 0.117. The molecule has 2 N–H and O–H groups in total. The molecule has 0 spiro atoms. The SMILES string of the molecule is O=C(CCNc1ccc(F)c(F)c1F)NCc1ccccc1F. The first-order valence-corrected chi connectivity index (χ1v) is 6.86. The van der Waals surface area contributed by atoms with Crippen LogP contribution in [0.5, 0.6) is 0 Å². The molecule has 3 nitrogen and oxygen atoms in total. The van der Waals surface area contributed by atoms with Gasteiger partial charge in [0.2, 0.25) is 5.91 Å². The molecule has 2 rings (SSSR count). The molecule has 1 amide bonds. The Morgan fingerprint density at radius 1 is 0.913 bits per heavy atom. The van der Waals surface area contributed by atoms with E-state index in [1.807, 2.05) is 0 Å². The number of hydrogen-bond acceptors (Lipinski definition) is 2. The first-order valence-electron chi connectivity index (χ1n) is 6.86. The molecule has 0 aliphatic heterocycles. The van der Waals surface area contributed by atoms with Crippen molar-refractivity contribution in [1.29, 1.82) is 0 Å². The number of carbonyl (C=O) groups excluding carboxylic acids is 1. The maximum atomic E-state index is 13.4. The van der Waals surface area contributed by atoms with E-state index in [9.17, 15) is 22.4 Å². The van der Waals surface area contributed by atoms with Gasteiger partial charge in [-0.15, -0.1) is 0 Å². The molecule has 0 bridgehead atoms. The Morgan fingerprint density at radius 2 is 1.65 bits per heavy atom. The van der Waals surface area contributed by atoms with Crippen molar-refractivity contribution in [2.24, 2.45) is 0 Å². The Kier molecular flexibility index (Phi) is 5.56. The van der Waals surface area contributed by atoms with Crippen LogP contribution in [0.15, 0.2) is 36.4 Å². The second kappa shape index (κ2) is 7.62. The monoisotopic (exact) mass is 326 g/mol. The largest absolute Gasteiger partial charge is 0.382 e. The van der Waals surface area contributed by atoms with Gasteiger partial charge in [0.25, 0.3) is 0 Å². The molecule has 0 unspecified atom stereocenters. The van der Waals surface area contributed by atoms with E-state index >= 15 is 0 Å². The highest BCUT2D eigenvalue weighted by molar-refractivity contribution is 5.76. The van der Waals surface area contributed by atoms with E-state index in [1.54, 1.807) is 18.2 Å². The number of rotatable bonds is 6. The van der Waals surface area contributed by atoms with E-state index in [0.29, 0.717) is 5.56 Å².